The summed E-state index contributed by atoms with van der Waals surface area (Å²) in [6.07, 6.45) is -5.04. The van der Waals surface area contributed by atoms with Gasteiger partial charge in [0, 0.05) is 39.2 Å². The van der Waals surface area contributed by atoms with Crippen LogP contribution in [0.3, 0.4) is 0 Å². The predicted molar refractivity (Wildman–Crippen MR) is 70.3 cm³/mol. The van der Waals surface area contributed by atoms with Crippen LogP contribution in [-0.2, 0) is 24.8 Å². The molecule has 130 valence electrons. The highest BCUT2D eigenvalue weighted by Gasteiger charge is 2.57. The second kappa shape index (κ2) is 6.52. The Kier molecular flexibility index (Phi) is 5.04. The van der Waals surface area contributed by atoms with E-state index in [1.165, 1.54) is 10.7 Å². The van der Waals surface area contributed by atoms with Crippen LogP contribution in [0.2, 0.25) is 0 Å². The van der Waals surface area contributed by atoms with Crippen molar-refractivity contribution in [2.75, 3.05) is 26.3 Å². The van der Waals surface area contributed by atoms with Crippen molar-refractivity contribution in [3.63, 3.8) is 0 Å². The summed E-state index contributed by atoms with van der Waals surface area (Å²) < 4.78 is 66.9. The zero-order valence-corrected chi connectivity index (χ0v) is 12.4. The topological polar surface area (TPSA) is 47.4 Å². The third-order valence-electron chi connectivity index (χ3n) is 3.57. The van der Waals surface area contributed by atoms with Crippen molar-refractivity contribution in [3.05, 3.63) is 27.7 Å². The van der Waals surface area contributed by atoms with E-state index in [1.807, 2.05) is 4.90 Å². The first-order valence-corrected chi connectivity index (χ1v) is 6.91. The fourth-order valence-corrected chi connectivity index (χ4v) is 2.22. The van der Waals surface area contributed by atoms with E-state index in [1.54, 1.807) is 7.05 Å². The monoisotopic (exact) mass is 341 g/mol. The van der Waals surface area contributed by atoms with E-state index in [0.29, 0.717) is 19.5 Å². The first kappa shape index (κ1) is 17.8. The second-order valence-electron chi connectivity index (χ2n) is 5.36. The number of nitrogens with zero attached hydrogens (tertiary/aromatic N) is 3. The first-order valence-electron chi connectivity index (χ1n) is 6.91. The van der Waals surface area contributed by atoms with Gasteiger partial charge in [0.15, 0.2) is 0 Å². The predicted octanol–water partition coefficient (Wildman–Crippen LogP) is 1.35. The molecule has 23 heavy (non-hydrogen) atoms. The average Bonchev–Trinajstić information content (AvgIpc) is 2.44. The van der Waals surface area contributed by atoms with E-state index in [2.05, 4.69) is 9.84 Å². The van der Waals surface area contributed by atoms with E-state index in [9.17, 15) is 26.7 Å². The molecular weight excluding hydrogens is 325 g/mol. The zero-order valence-electron chi connectivity index (χ0n) is 12.4. The van der Waals surface area contributed by atoms with E-state index < -0.39 is 18.7 Å². The van der Waals surface area contributed by atoms with Crippen molar-refractivity contribution in [2.45, 2.75) is 25.1 Å². The lowest BCUT2D eigenvalue weighted by molar-refractivity contribution is -0.296. The Hall–Kier alpha value is -1.55. The summed E-state index contributed by atoms with van der Waals surface area (Å²) in [6.45, 7) is -0.792. The van der Waals surface area contributed by atoms with Crippen molar-refractivity contribution in [3.8, 4) is 0 Å². The standard InChI is InChI=1S/C13H16F5N3O2/c1-20-11(22)6-9-7-21(3-2-10(9)19-20)4-5-23-8-12(14,15)13(16,17)18/h6H,2-5,7-8H2,1H3. The van der Waals surface area contributed by atoms with Crippen LogP contribution in [-0.4, -0.2) is 53.1 Å². The van der Waals surface area contributed by atoms with Crippen molar-refractivity contribution in [2.24, 2.45) is 7.05 Å². The molecule has 1 aliphatic rings. The molecule has 1 aliphatic heterocycles. The van der Waals surface area contributed by atoms with Gasteiger partial charge in [0.05, 0.1) is 12.3 Å². The van der Waals surface area contributed by atoms with E-state index >= 15 is 0 Å². The lowest BCUT2D eigenvalue weighted by atomic mass is 10.1. The number of alkyl halides is 5. The van der Waals surface area contributed by atoms with Gasteiger partial charge in [-0.15, -0.1) is 0 Å². The molecule has 0 aromatic carbocycles. The minimum atomic E-state index is -5.61. The highest BCUT2D eigenvalue weighted by molar-refractivity contribution is 5.20. The minimum Gasteiger partial charge on any atom is -0.373 e. The van der Waals surface area contributed by atoms with E-state index in [-0.39, 0.29) is 18.7 Å². The smallest absolute Gasteiger partial charge is 0.373 e. The molecule has 0 fully saturated rings. The third-order valence-corrected chi connectivity index (χ3v) is 3.57. The SMILES string of the molecule is Cn1nc2c(cc1=O)CN(CCOCC(F)(F)C(F)(F)F)CC2. The molecule has 0 saturated heterocycles. The molecule has 10 heteroatoms. The van der Waals surface area contributed by atoms with Gasteiger partial charge in [-0.1, -0.05) is 0 Å². The second-order valence-corrected chi connectivity index (χ2v) is 5.36. The Morgan fingerprint density at radius 3 is 2.65 bits per heavy atom. The largest absolute Gasteiger partial charge is 0.455 e. The average molecular weight is 341 g/mol. The summed E-state index contributed by atoms with van der Waals surface area (Å²) in [5.74, 6) is -4.85. The summed E-state index contributed by atoms with van der Waals surface area (Å²) in [7, 11) is 1.55. The molecule has 2 rings (SSSR count). The summed E-state index contributed by atoms with van der Waals surface area (Å²) in [4.78, 5) is 13.3. The maximum Gasteiger partial charge on any atom is 0.455 e. The Balaban J connectivity index is 1.82. The van der Waals surface area contributed by atoms with Crippen LogP contribution in [0.15, 0.2) is 10.9 Å². The Morgan fingerprint density at radius 1 is 1.30 bits per heavy atom. The number of hydrogen-bond donors (Lipinski definition) is 0. The number of halogens is 5. The molecular formula is C13H16F5N3O2. The molecule has 0 radical (unpaired) electrons. The Morgan fingerprint density at radius 2 is 2.00 bits per heavy atom. The summed E-state index contributed by atoms with van der Waals surface area (Å²) in [5, 5.41) is 4.13. The van der Waals surface area contributed by atoms with E-state index in [0.717, 1.165) is 11.3 Å². The lowest BCUT2D eigenvalue weighted by Gasteiger charge is -2.28. The molecule has 0 saturated carbocycles. The molecule has 1 aromatic heterocycles. The van der Waals surface area contributed by atoms with Crippen molar-refractivity contribution in [1.82, 2.24) is 14.7 Å². The molecule has 0 N–H and O–H groups in total. The van der Waals surface area contributed by atoms with Crippen molar-refractivity contribution in [1.29, 1.82) is 0 Å². The van der Waals surface area contributed by atoms with Gasteiger partial charge in [-0.05, 0) is 5.56 Å². The number of rotatable bonds is 5. The lowest BCUT2D eigenvalue weighted by Crippen LogP contribution is -2.42. The van der Waals surface area contributed by atoms with Crippen molar-refractivity contribution < 1.29 is 26.7 Å². The van der Waals surface area contributed by atoms with Crippen LogP contribution >= 0.6 is 0 Å². The molecule has 0 atom stereocenters. The molecule has 0 bridgehead atoms. The Bertz CT molecular complexity index is 615. The van der Waals surface area contributed by atoms with Gasteiger partial charge in [0.2, 0.25) is 0 Å². The molecule has 5 nitrogen and oxygen atoms in total. The van der Waals surface area contributed by atoms with Gasteiger partial charge in [-0.3, -0.25) is 9.69 Å². The van der Waals surface area contributed by atoms with Gasteiger partial charge in [-0.2, -0.15) is 27.1 Å². The fraction of sp³-hybridized carbons (Fsp3) is 0.692. The van der Waals surface area contributed by atoms with Gasteiger partial charge >= 0.3 is 12.1 Å². The molecule has 0 spiro atoms. The molecule has 0 amide bonds. The van der Waals surface area contributed by atoms with Crippen LogP contribution in [0.25, 0.3) is 0 Å². The van der Waals surface area contributed by atoms with Gasteiger partial charge < -0.3 is 4.74 Å². The van der Waals surface area contributed by atoms with Gasteiger partial charge in [0.1, 0.15) is 6.61 Å². The van der Waals surface area contributed by atoms with Crippen LogP contribution < -0.4 is 5.56 Å². The highest BCUT2D eigenvalue weighted by atomic mass is 19.4. The third kappa shape index (κ3) is 4.25. The van der Waals surface area contributed by atoms with Gasteiger partial charge in [-0.25, -0.2) is 4.68 Å². The number of fused-ring (bicyclic) bond motifs is 1. The van der Waals surface area contributed by atoms with Crippen molar-refractivity contribution >= 4 is 0 Å². The molecule has 2 heterocycles. The summed E-state index contributed by atoms with van der Waals surface area (Å²) in [6, 6.07) is 1.45. The Labute approximate surface area is 128 Å². The molecule has 0 aliphatic carbocycles. The zero-order chi connectivity index (χ0) is 17.3. The van der Waals surface area contributed by atoms with E-state index in [4.69, 9.17) is 0 Å². The number of aromatic nitrogens is 2. The number of aryl methyl sites for hydroxylation is 1. The number of ether oxygens (including phenoxy) is 1. The normalized spacial score (nSPS) is 16.4. The van der Waals surface area contributed by atoms with Crippen LogP contribution in [0, 0.1) is 0 Å². The van der Waals surface area contributed by atoms with Gasteiger partial charge in [0.25, 0.3) is 5.56 Å². The highest BCUT2D eigenvalue weighted by Crippen LogP contribution is 2.35. The van der Waals surface area contributed by atoms with Crippen LogP contribution in [0.4, 0.5) is 22.0 Å². The minimum absolute atomic E-state index is 0.197. The molecule has 0 unspecified atom stereocenters. The van der Waals surface area contributed by atoms with Crippen LogP contribution in [0.5, 0.6) is 0 Å². The maximum absolute atomic E-state index is 12.7. The summed E-state index contributed by atoms with van der Waals surface area (Å²) in [5.41, 5.74) is 1.26. The first-order chi connectivity index (χ1) is 10.6. The maximum atomic E-state index is 12.7. The fourth-order valence-electron chi connectivity index (χ4n) is 2.22. The number of hydrogen-bond acceptors (Lipinski definition) is 4. The van der Waals surface area contributed by atoms with Crippen LogP contribution in [0.1, 0.15) is 11.3 Å². The quantitative estimate of drug-likeness (QED) is 0.599. The summed E-state index contributed by atoms with van der Waals surface area (Å²) >= 11 is 0. The molecule has 1 aromatic rings.